The van der Waals surface area contributed by atoms with Gasteiger partial charge in [-0.15, -0.1) is 0 Å². The van der Waals surface area contributed by atoms with E-state index < -0.39 is 11.7 Å². The van der Waals surface area contributed by atoms with E-state index >= 15 is 0 Å². The summed E-state index contributed by atoms with van der Waals surface area (Å²) in [5.41, 5.74) is -0.353. The Hall–Kier alpha value is -0.770. The van der Waals surface area contributed by atoms with Crippen LogP contribution in [0.3, 0.4) is 0 Å². The second kappa shape index (κ2) is 4.48. The summed E-state index contributed by atoms with van der Waals surface area (Å²) in [6.07, 6.45) is 1.47. The summed E-state index contributed by atoms with van der Waals surface area (Å²) in [4.78, 5) is 11.5. The number of rotatable bonds is 3. The molecule has 0 unspecified atom stereocenters. The van der Waals surface area contributed by atoms with Gasteiger partial charge in [0.15, 0.2) is 0 Å². The average molecular weight is 243 g/mol. The van der Waals surface area contributed by atoms with E-state index in [9.17, 15) is 9.90 Å². The fraction of sp³-hybridized carbons (Fsp3) is 0.923. The van der Waals surface area contributed by atoms with Crippen LogP contribution in [0.2, 0.25) is 0 Å². The van der Waals surface area contributed by atoms with Crippen molar-refractivity contribution in [3.05, 3.63) is 0 Å². The van der Waals surface area contributed by atoms with Crippen LogP contribution in [0.5, 0.6) is 0 Å². The number of carbonyl (C=O) groups excluding carboxylic acids is 1. The highest BCUT2D eigenvalue weighted by atomic mass is 16.6. The van der Waals surface area contributed by atoms with Gasteiger partial charge in [0, 0.05) is 12.0 Å². The molecule has 0 atom stereocenters. The van der Waals surface area contributed by atoms with Crippen molar-refractivity contribution in [1.82, 2.24) is 5.32 Å². The summed E-state index contributed by atoms with van der Waals surface area (Å²) in [7, 11) is 0. The Labute approximate surface area is 104 Å². The Kier molecular flexibility index (Phi) is 3.77. The average Bonchev–Trinajstić information content (AvgIpc) is 2.08. The van der Waals surface area contributed by atoms with Crippen molar-refractivity contribution in [1.29, 1.82) is 0 Å². The molecule has 0 bridgehead atoms. The highest BCUT2D eigenvalue weighted by molar-refractivity contribution is 5.67. The van der Waals surface area contributed by atoms with Crippen molar-refractivity contribution >= 4 is 6.09 Å². The minimum Gasteiger partial charge on any atom is -0.444 e. The SMILES string of the molecule is CC1(C)CC(CO)(CNC(=O)OC(C)(C)C)C1. The summed E-state index contributed by atoms with van der Waals surface area (Å²) < 4.78 is 5.17. The van der Waals surface area contributed by atoms with Crippen molar-refractivity contribution in [2.75, 3.05) is 13.2 Å². The number of hydrogen-bond acceptors (Lipinski definition) is 3. The summed E-state index contributed by atoms with van der Waals surface area (Å²) in [5, 5.41) is 12.2. The van der Waals surface area contributed by atoms with Crippen LogP contribution in [0.15, 0.2) is 0 Å². The van der Waals surface area contributed by atoms with Crippen LogP contribution in [0.4, 0.5) is 4.79 Å². The molecule has 4 nitrogen and oxygen atoms in total. The van der Waals surface area contributed by atoms with Crippen molar-refractivity contribution in [3.63, 3.8) is 0 Å². The van der Waals surface area contributed by atoms with Gasteiger partial charge in [-0.1, -0.05) is 13.8 Å². The lowest BCUT2D eigenvalue weighted by Crippen LogP contribution is -2.52. The first kappa shape index (κ1) is 14.3. The Morgan fingerprint density at radius 3 is 2.24 bits per heavy atom. The van der Waals surface area contributed by atoms with E-state index in [0.717, 1.165) is 12.8 Å². The second-order valence-electron chi connectivity index (χ2n) is 7.03. The molecule has 1 rings (SSSR count). The number of hydrogen-bond donors (Lipinski definition) is 2. The van der Waals surface area contributed by atoms with Gasteiger partial charge in [-0.25, -0.2) is 4.79 Å². The third-order valence-electron chi connectivity index (χ3n) is 3.05. The van der Waals surface area contributed by atoms with E-state index in [-0.39, 0.29) is 17.4 Å². The van der Waals surface area contributed by atoms with Gasteiger partial charge in [-0.05, 0) is 39.0 Å². The van der Waals surface area contributed by atoms with Gasteiger partial charge >= 0.3 is 6.09 Å². The summed E-state index contributed by atoms with van der Waals surface area (Å²) >= 11 is 0. The van der Waals surface area contributed by atoms with Crippen molar-refractivity contribution < 1.29 is 14.6 Å². The Morgan fingerprint density at radius 1 is 1.35 bits per heavy atom. The third-order valence-corrected chi connectivity index (χ3v) is 3.05. The molecule has 0 radical (unpaired) electrons. The lowest BCUT2D eigenvalue weighted by atomic mass is 9.54. The minimum absolute atomic E-state index is 0.117. The van der Waals surface area contributed by atoms with Gasteiger partial charge in [0.1, 0.15) is 5.60 Å². The van der Waals surface area contributed by atoms with Gasteiger partial charge in [-0.2, -0.15) is 0 Å². The summed E-state index contributed by atoms with van der Waals surface area (Å²) in [5.74, 6) is 0. The molecule has 0 aromatic carbocycles. The monoisotopic (exact) mass is 243 g/mol. The van der Waals surface area contributed by atoms with E-state index in [2.05, 4.69) is 19.2 Å². The predicted molar refractivity (Wildman–Crippen MR) is 66.8 cm³/mol. The molecular weight excluding hydrogens is 218 g/mol. The summed E-state index contributed by atoms with van der Waals surface area (Å²) in [6.45, 7) is 10.5. The topological polar surface area (TPSA) is 58.6 Å². The fourth-order valence-electron chi connectivity index (χ4n) is 2.85. The minimum atomic E-state index is -0.477. The quantitative estimate of drug-likeness (QED) is 0.799. The standard InChI is InChI=1S/C13H25NO3/c1-11(2,3)17-10(16)14-8-13(9-15)6-12(4,5)7-13/h15H,6-9H2,1-5H3,(H,14,16). The maximum atomic E-state index is 11.5. The third kappa shape index (κ3) is 4.19. The number of amides is 1. The van der Waals surface area contributed by atoms with E-state index in [1.54, 1.807) is 0 Å². The van der Waals surface area contributed by atoms with Crippen LogP contribution in [0.1, 0.15) is 47.5 Å². The molecule has 100 valence electrons. The maximum absolute atomic E-state index is 11.5. The zero-order valence-corrected chi connectivity index (χ0v) is 11.6. The van der Waals surface area contributed by atoms with Gasteiger partial charge < -0.3 is 15.2 Å². The number of aliphatic hydroxyl groups is 1. The predicted octanol–water partition coefficient (Wildman–Crippen LogP) is 2.31. The van der Waals surface area contributed by atoms with Gasteiger partial charge in [0.05, 0.1) is 6.61 Å². The number of ether oxygens (including phenoxy) is 1. The normalized spacial score (nSPS) is 21.5. The molecule has 1 amide bonds. The number of nitrogens with one attached hydrogen (secondary N) is 1. The number of carbonyl (C=O) groups is 1. The Bertz CT molecular complexity index is 284. The number of aliphatic hydroxyl groups excluding tert-OH is 1. The molecule has 0 aliphatic heterocycles. The lowest BCUT2D eigenvalue weighted by Gasteiger charge is -2.52. The van der Waals surface area contributed by atoms with Crippen LogP contribution in [0.25, 0.3) is 0 Å². The van der Waals surface area contributed by atoms with Crippen LogP contribution in [0, 0.1) is 10.8 Å². The molecule has 1 aliphatic rings. The van der Waals surface area contributed by atoms with Gasteiger partial charge in [-0.3, -0.25) is 0 Å². The number of alkyl carbamates (subject to hydrolysis) is 1. The molecule has 0 saturated heterocycles. The molecule has 0 aromatic heterocycles. The van der Waals surface area contributed by atoms with Crippen molar-refractivity contribution in [2.24, 2.45) is 10.8 Å². The fourth-order valence-corrected chi connectivity index (χ4v) is 2.85. The van der Waals surface area contributed by atoms with Crippen LogP contribution in [-0.2, 0) is 4.74 Å². The van der Waals surface area contributed by atoms with E-state index in [4.69, 9.17) is 4.74 Å². The molecule has 2 N–H and O–H groups in total. The van der Waals surface area contributed by atoms with Crippen molar-refractivity contribution in [3.8, 4) is 0 Å². The highest BCUT2D eigenvalue weighted by Crippen LogP contribution is 2.53. The second-order valence-corrected chi connectivity index (χ2v) is 7.03. The van der Waals surface area contributed by atoms with Crippen molar-refractivity contribution in [2.45, 2.75) is 53.1 Å². The van der Waals surface area contributed by atoms with Crippen LogP contribution >= 0.6 is 0 Å². The first-order chi connectivity index (χ1) is 7.58. The van der Waals surface area contributed by atoms with Gasteiger partial charge in [0.2, 0.25) is 0 Å². The Balaban J connectivity index is 2.38. The van der Waals surface area contributed by atoms with E-state index in [0.29, 0.717) is 6.54 Å². The highest BCUT2D eigenvalue weighted by Gasteiger charge is 2.48. The molecule has 4 heteroatoms. The lowest BCUT2D eigenvalue weighted by molar-refractivity contribution is -0.0542. The van der Waals surface area contributed by atoms with E-state index in [1.807, 2.05) is 20.8 Å². The molecule has 1 fully saturated rings. The zero-order chi connectivity index (χ0) is 13.3. The largest absolute Gasteiger partial charge is 0.444 e. The zero-order valence-electron chi connectivity index (χ0n) is 11.6. The smallest absolute Gasteiger partial charge is 0.407 e. The van der Waals surface area contributed by atoms with E-state index in [1.165, 1.54) is 0 Å². The molecule has 17 heavy (non-hydrogen) atoms. The first-order valence-corrected chi connectivity index (χ1v) is 6.15. The molecule has 0 heterocycles. The molecule has 0 spiro atoms. The molecule has 1 saturated carbocycles. The Morgan fingerprint density at radius 2 is 1.88 bits per heavy atom. The van der Waals surface area contributed by atoms with Crippen LogP contribution in [-0.4, -0.2) is 30.0 Å². The molecule has 1 aliphatic carbocycles. The maximum Gasteiger partial charge on any atom is 0.407 e. The molecule has 0 aromatic rings. The van der Waals surface area contributed by atoms with Crippen LogP contribution < -0.4 is 5.32 Å². The summed E-state index contributed by atoms with van der Waals surface area (Å²) in [6, 6.07) is 0. The first-order valence-electron chi connectivity index (χ1n) is 6.15. The van der Waals surface area contributed by atoms with Gasteiger partial charge in [0.25, 0.3) is 0 Å². The molecular formula is C13H25NO3.